The molecular formula is C25H27F2N7O2. The summed E-state index contributed by atoms with van der Waals surface area (Å²) in [5.41, 5.74) is 2.35. The highest BCUT2D eigenvalue weighted by Gasteiger charge is 2.24. The van der Waals surface area contributed by atoms with Gasteiger partial charge in [-0.2, -0.15) is 14.6 Å². The number of benzene rings is 1. The topological polar surface area (TPSA) is 89.6 Å². The first-order valence-electron chi connectivity index (χ1n) is 11.7. The van der Waals surface area contributed by atoms with Gasteiger partial charge in [-0.25, -0.2) is 18.6 Å². The van der Waals surface area contributed by atoms with Gasteiger partial charge in [0, 0.05) is 31.0 Å². The van der Waals surface area contributed by atoms with Crippen molar-refractivity contribution in [2.75, 3.05) is 36.5 Å². The molecule has 0 saturated carbocycles. The molecule has 0 unspecified atom stereocenters. The van der Waals surface area contributed by atoms with Gasteiger partial charge in [-0.05, 0) is 51.5 Å². The zero-order chi connectivity index (χ0) is 25.6. The molecular weight excluding hydrogens is 468 g/mol. The number of aryl methyl sites for hydroxylation is 1. The van der Waals surface area contributed by atoms with Gasteiger partial charge >= 0.3 is 0 Å². The van der Waals surface area contributed by atoms with E-state index in [0.29, 0.717) is 48.8 Å². The second-order valence-corrected chi connectivity index (χ2v) is 9.74. The molecule has 1 saturated heterocycles. The number of halogens is 2. The molecule has 1 aliphatic heterocycles. The molecule has 0 atom stereocenters. The number of fused-ring (bicyclic) bond motifs is 1. The maximum atomic E-state index is 14.9. The summed E-state index contributed by atoms with van der Waals surface area (Å²) in [6.07, 6.45) is 4.62. The number of carbonyl (C=O) groups excluding carboxylic acids is 1. The van der Waals surface area contributed by atoms with Crippen LogP contribution in [-0.2, 0) is 10.3 Å². The minimum atomic E-state index is -0.779. The van der Waals surface area contributed by atoms with Crippen molar-refractivity contribution in [3.05, 3.63) is 59.7 Å². The monoisotopic (exact) mass is 495 g/mol. The van der Waals surface area contributed by atoms with Crippen molar-refractivity contribution in [1.82, 2.24) is 24.4 Å². The zero-order valence-electron chi connectivity index (χ0n) is 20.5. The third kappa shape index (κ3) is 4.30. The quantitative estimate of drug-likeness (QED) is 0.460. The molecule has 11 heteroatoms. The Balaban J connectivity index is 1.53. The number of carbonyl (C=O) groups is 1. The minimum absolute atomic E-state index is 0.121. The smallest absolute Gasteiger partial charge is 0.258 e. The summed E-state index contributed by atoms with van der Waals surface area (Å²) in [5, 5.41) is 11.1. The fourth-order valence-electron chi connectivity index (χ4n) is 4.27. The highest BCUT2D eigenvalue weighted by atomic mass is 19.1. The minimum Gasteiger partial charge on any atom is -0.378 e. The maximum Gasteiger partial charge on any atom is 0.258 e. The second kappa shape index (κ2) is 8.98. The summed E-state index contributed by atoms with van der Waals surface area (Å²) in [4.78, 5) is 19.6. The van der Waals surface area contributed by atoms with E-state index in [1.807, 2.05) is 6.07 Å². The van der Waals surface area contributed by atoms with E-state index in [2.05, 4.69) is 25.4 Å². The third-order valence-electron chi connectivity index (χ3n) is 6.12. The highest BCUT2D eigenvalue weighted by Crippen LogP contribution is 2.31. The molecule has 0 aliphatic carbocycles. The van der Waals surface area contributed by atoms with Gasteiger partial charge < -0.3 is 15.0 Å². The number of morpholine rings is 1. The Morgan fingerprint density at radius 1 is 1.14 bits per heavy atom. The Hall–Kier alpha value is -3.86. The molecule has 1 aromatic carbocycles. The maximum absolute atomic E-state index is 14.9. The first-order valence-corrected chi connectivity index (χ1v) is 11.7. The van der Waals surface area contributed by atoms with Gasteiger partial charge in [0.15, 0.2) is 5.65 Å². The van der Waals surface area contributed by atoms with E-state index in [1.165, 1.54) is 18.3 Å². The van der Waals surface area contributed by atoms with Gasteiger partial charge in [-0.15, -0.1) is 0 Å². The van der Waals surface area contributed by atoms with Gasteiger partial charge in [-0.3, -0.25) is 4.79 Å². The number of hydrogen-bond donors (Lipinski definition) is 1. The molecule has 1 fully saturated rings. The largest absolute Gasteiger partial charge is 0.378 e. The Kier molecular flexibility index (Phi) is 5.95. The van der Waals surface area contributed by atoms with E-state index in [0.717, 1.165) is 10.4 Å². The summed E-state index contributed by atoms with van der Waals surface area (Å²) in [6.45, 7) is 9.73. The molecule has 9 nitrogen and oxygen atoms in total. The number of nitrogens with zero attached hydrogens (tertiary/aromatic N) is 6. The fraction of sp³-hybridized carbons (Fsp3) is 0.360. The van der Waals surface area contributed by atoms with E-state index < -0.39 is 23.2 Å². The number of ether oxygens (including phenoxy) is 1. The molecule has 4 heterocycles. The molecule has 4 aromatic rings. The van der Waals surface area contributed by atoms with Crippen LogP contribution in [0, 0.1) is 18.7 Å². The fourth-order valence-corrected chi connectivity index (χ4v) is 4.27. The van der Waals surface area contributed by atoms with Crippen molar-refractivity contribution in [1.29, 1.82) is 0 Å². The van der Waals surface area contributed by atoms with Crippen molar-refractivity contribution in [2.24, 2.45) is 0 Å². The summed E-state index contributed by atoms with van der Waals surface area (Å²) < 4.78 is 38.1. The van der Waals surface area contributed by atoms with Crippen LogP contribution in [0.5, 0.6) is 0 Å². The second-order valence-electron chi connectivity index (χ2n) is 9.74. The molecule has 0 spiro atoms. The van der Waals surface area contributed by atoms with Crippen LogP contribution in [-0.4, -0.2) is 56.6 Å². The highest BCUT2D eigenvalue weighted by molar-refractivity contribution is 6.05. The first kappa shape index (κ1) is 23.9. The van der Waals surface area contributed by atoms with Crippen molar-refractivity contribution in [2.45, 2.75) is 33.2 Å². The summed E-state index contributed by atoms with van der Waals surface area (Å²) in [7, 11) is 0. The SMILES string of the molecule is Cc1cc(F)c(C(=O)Nc2cnn(C(C)(C)C)c2F)cc1-c1cc(N2CCOCC2)c2nccn2n1. The van der Waals surface area contributed by atoms with Crippen LogP contribution in [0.1, 0.15) is 36.7 Å². The first-order chi connectivity index (χ1) is 17.1. The number of anilines is 2. The molecule has 36 heavy (non-hydrogen) atoms. The van der Waals surface area contributed by atoms with Crippen LogP contribution in [0.4, 0.5) is 20.2 Å². The average Bonchev–Trinajstić information content (AvgIpc) is 3.45. The summed E-state index contributed by atoms with van der Waals surface area (Å²) >= 11 is 0. The Bertz CT molecular complexity index is 1450. The molecule has 3 aromatic heterocycles. The third-order valence-corrected chi connectivity index (χ3v) is 6.12. The van der Waals surface area contributed by atoms with Gasteiger partial charge in [0.2, 0.25) is 5.95 Å². The molecule has 5 rings (SSSR count). The lowest BCUT2D eigenvalue weighted by Gasteiger charge is -2.29. The summed E-state index contributed by atoms with van der Waals surface area (Å²) in [5.74, 6) is -2.20. The Morgan fingerprint density at radius 3 is 2.58 bits per heavy atom. The normalized spacial score (nSPS) is 14.4. The van der Waals surface area contributed by atoms with Gasteiger partial charge in [0.1, 0.15) is 11.5 Å². The average molecular weight is 496 g/mol. The van der Waals surface area contributed by atoms with Crippen LogP contribution in [0.2, 0.25) is 0 Å². The van der Waals surface area contributed by atoms with Crippen molar-refractivity contribution in [3.8, 4) is 11.3 Å². The standard InChI is InChI=1S/C25H27F2N7O2/c1-15-11-18(26)17(24(35)30-20-14-29-34(22(20)27)25(2,3)4)12-16(15)19-13-21(32-7-9-36-10-8-32)23-28-5-6-33(23)31-19/h5-6,11-14H,7-10H2,1-4H3,(H,30,35). The van der Waals surface area contributed by atoms with Crippen LogP contribution < -0.4 is 10.2 Å². The van der Waals surface area contributed by atoms with E-state index in [4.69, 9.17) is 4.74 Å². The number of imidazole rings is 1. The zero-order valence-corrected chi connectivity index (χ0v) is 20.5. The number of hydrogen-bond acceptors (Lipinski definition) is 6. The van der Waals surface area contributed by atoms with Crippen LogP contribution in [0.25, 0.3) is 16.9 Å². The lowest BCUT2D eigenvalue weighted by atomic mass is 10.0. The van der Waals surface area contributed by atoms with Gasteiger partial charge in [0.25, 0.3) is 5.91 Å². The van der Waals surface area contributed by atoms with Crippen LogP contribution in [0.3, 0.4) is 0 Å². The van der Waals surface area contributed by atoms with Crippen molar-refractivity contribution in [3.63, 3.8) is 0 Å². The van der Waals surface area contributed by atoms with Crippen LogP contribution in [0.15, 0.2) is 36.8 Å². The predicted molar refractivity (Wildman–Crippen MR) is 131 cm³/mol. The number of aromatic nitrogens is 5. The van der Waals surface area contributed by atoms with Crippen molar-refractivity contribution >= 4 is 22.9 Å². The van der Waals surface area contributed by atoms with E-state index in [9.17, 15) is 13.6 Å². The Labute approximate surface area is 206 Å². The molecule has 1 N–H and O–H groups in total. The lowest BCUT2D eigenvalue weighted by molar-refractivity contribution is 0.102. The molecule has 1 amide bonds. The lowest BCUT2D eigenvalue weighted by Crippen LogP contribution is -2.36. The van der Waals surface area contributed by atoms with E-state index in [1.54, 1.807) is 44.6 Å². The molecule has 188 valence electrons. The van der Waals surface area contributed by atoms with Crippen LogP contribution >= 0.6 is 0 Å². The Morgan fingerprint density at radius 2 is 1.89 bits per heavy atom. The van der Waals surface area contributed by atoms with E-state index >= 15 is 0 Å². The van der Waals surface area contributed by atoms with Gasteiger partial charge in [-0.1, -0.05) is 0 Å². The van der Waals surface area contributed by atoms with E-state index in [-0.39, 0.29) is 11.3 Å². The molecule has 0 bridgehead atoms. The number of amides is 1. The predicted octanol–water partition coefficient (Wildman–Crippen LogP) is 4.02. The van der Waals surface area contributed by atoms with Gasteiger partial charge in [0.05, 0.1) is 41.9 Å². The van der Waals surface area contributed by atoms with Crippen molar-refractivity contribution < 1.29 is 18.3 Å². The number of nitrogens with one attached hydrogen (secondary N) is 1. The molecule has 1 aliphatic rings. The summed E-state index contributed by atoms with van der Waals surface area (Å²) in [6, 6.07) is 4.62. The molecule has 0 radical (unpaired) electrons. The number of rotatable bonds is 4.